The zero-order chi connectivity index (χ0) is 45.7. The average Bonchev–Trinajstić information content (AvgIpc) is 3.81. The van der Waals surface area contributed by atoms with Crippen molar-refractivity contribution in [1.29, 1.82) is 0 Å². The summed E-state index contributed by atoms with van der Waals surface area (Å²) in [6.45, 7) is 0. The maximum atomic E-state index is 6.90. The number of pyridine rings is 2. The van der Waals surface area contributed by atoms with E-state index >= 15 is 0 Å². The van der Waals surface area contributed by atoms with E-state index in [1.807, 2.05) is 122 Å². The van der Waals surface area contributed by atoms with Crippen molar-refractivity contribution in [3.8, 4) is 102 Å². The van der Waals surface area contributed by atoms with E-state index in [1.54, 1.807) is 0 Å². The summed E-state index contributed by atoms with van der Waals surface area (Å²) in [5.41, 5.74) is 14.1. The number of allylic oxidation sites excluding steroid dienone is 2. The smallest absolute Gasteiger partial charge is 0.170 e. The van der Waals surface area contributed by atoms with Gasteiger partial charge in [0.05, 0.1) is 11.4 Å². The molecule has 0 saturated heterocycles. The first-order valence-electron chi connectivity index (χ1n) is 22.9. The lowest BCUT2D eigenvalue weighted by molar-refractivity contribution is 0.0769. The van der Waals surface area contributed by atoms with Crippen LogP contribution in [0.4, 0.5) is 0 Å². The number of benzene rings is 7. The van der Waals surface area contributed by atoms with Gasteiger partial charge in [0.15, 0.2) is 41.2 Å². The average molecular weight is 890 g/mol. The lowest BCUT2D eigenvalue weighted by atomic mass is 9.92. The second-order valence-electron chi connectivity index (χ2n) is 17.1. The van der Waals surface area contributed by atoms with Gasteiger partial charge in [0.25, 0.3) is 0 Å². The van der Waals surface area contributed by atoms with Crippen LogP contribution in [0.3, 0.4) is 0 Å². The lowest BCUT2D eigenvalue weighted by Crippen LogP contribution is -2.38. The first-order valence-corrected chi connectivity index (χ1v) is 22.9. The van der Waals surface area contributed by atoms with Crippen LogP contribution in [0.5, 0.6) is 11.5 Å². The molecule has 5 heterocycles. The molecule has 2 unspecified atom stereocenters. The van der Waals surface area contributed by atoms with Crippen LogP contribution >= 0.6 is 0 Å². The van der Waals surface area contributed by atoms with Crippen LogP contribution in [0.1, 0.15) is 0 Å². The van der Waals surface area contributed by atoms with Crippen molar-refractivity contribution in [2.45, 2.75) is 12.2 Å². The Morgan fingerprint density at radius 1 is 0.333 bits per heavy atom. The number of hydrogen-bond donors (Lipinski definition) is 0. The largest absolute Gasteiger partial charge is 0.478 e. The highest BCUT2D eigenvalue weighted by molar-refractivity contribution is 6.06. The number of rotatable bonds is 8. The molecule has 0 bridgehead atoms. The van der Waals surface area contributed by atoms with Gasteiger partial charge in [-0.3, -0.25) is 9.97 Å². The van der Waals surface area contributed by atoms with Crippen molar-refractivity contribution in [3.63, 3.8) is 0 Å². The molecule has 0 amide bonds. The molecule has 69 heavy (non-hydrogen) atoms. The van der Waals surface area contributed by atoms with E-state index < -0.39 is 0 Å². The highest BCUT2D eigenvalue weighted by Crippen LogP contribution is 2.50. The molecule has 0 radical (unpaired) electrons. The Kier molecular flexibility index (Phi) is 9.79. The quantitative estimate of drug-likeness (QED) is 0.149. The zero-order valence-corrected chi connectivity index (χ0v) is 37.0. The van der Waals surface area contributed by atoms with Gasteiger partial charge in [0.2, 0.25) is 0 Å². The van der Waals surface area contributed by atoms with Crippen LogP contribution < -0.4 is 9.47 Å². The van der Waals surface area contributed by atoms with Gasteiger partial charge in [-0.05, 0) is 113 Å². The van der Waals surface area contributed by atoms with Crippen molar-refractivity contribution >= 4 is 21.9 Å². The highest BCUT2D eigenvalue weighted by Gasteiger charge is 2.33. The van der Waals surface area contributed by atoms with E-state index in [9.17, 15) is 0 Å². The number of hydrogen-bond acceptors (Lipinski definition) is 8. The van der Waals surface area contributed by atoms with Gasteiger partial charge in [0.1, 0.15) is 11.2 Å². The lowest BCUT2D eigenvalue weighted by Gasteiger charge is -2.34. The summed E-state index contributed by atoms with van der Waals surface area (Å²) >= 11 is 0. The molecule has 7 aromatic carbocycles. The van der Waals surface area contributed by atoms with Crippen molar-refractivity contribution in [1.82, 2.24) is 24.9 Å². The molecule has 1 aliphatic heterocycles. The van der Waals surface area contributed by atoms with E-state index in [2.05, 4.69) is 103 Å². The molecular formula is C61H39N5O3. The molecule has 2 atom stereocenters. The topological polar surface area (TPSA) is 96.1 Å². The molecule has 8 nitrogen and oxygen atoms in total. The van der Waals surface area contributed by atoms with Crippen LogP contribution in [0.25, 0.3) is 112 Å². The predicted octanol–water partition coefficient (Wildman–Crippen LogP) is 14.5. The molecule has 1 aliphatic carbocycles. The van der Waals surface area contributed by atoms with E-state index in [-0.39, 0.29) is 12.2 Å². The minimum Gasteiger partial charge on any atom is -0.478 e. The van der Waals surface area contributed by atoms with Crippen LogP contribution in [-0.4, -0.2) is 37.1 Å². The molecule has 0 fully saturated rings. The Morgan fingerprint density at radius 3 is 1.42 bits per heavy atom. The third-order valence-corrected chi connectivity index (χ3v) is 12.8. The highest BCUT2D eigenvalue weighted by atomic mass is 16.6. The van der Waals surface area contributed by atoms with E-state index in [1.165, 1.54) is 0 Å². The van der Waals surface area contributed by atoms with Crippen molar-refractivity contribution in [2.75, 3.05) is 0 Å². The molecule has 2 aliphatic rings. The van der Waals surface area contributed by atoms with Gasteiger partial charge >= 0.3 is 0 Å². The van der Waals surface area contributed by atoms with Gasteiger partial charge < -0.3 is 13.9 Å². The van der Waals surface area contributed by atoms with Crippen molar-refractivity contribution < 1.29 is 13.9 Å². The fourth-order valence-corrected chi connectivity index (χ4v) is 9.32. The number of ether oxygens (including phenoxy) is 2. The molecule has 326 valence electrons. The normalized spacial score (nSPS) is 14.8. The van der Waals surface area contributed by atoms with Gasteiger partial charge in [-0.25, -0.2) is 15.0 Å². The van der Waals surface area contributed by atoms with E-state index in [0.29, 0.717) is 29.0 Å². The summed E-state index contributed by atoms with van der Waals surface area (Å²) in [6, 6.07) is 63.9. The van der Waals surface area contributed by atoms with Crippen molar-refractivity contribution in [2.24, 2.45) is 0 Å². The molecule has 4 aromatic heterocycles. The first-order chi connectivity index (χ1) is 34.1. The van der Waals surface area contributed by atoms with Crippen LogP contribution in [0, 0.1) is 0 Å². The molecule has 0 N–H and O–H groups in total. The summed E-state index contributed by atoms with van der Waals surface area (Å²) in [6.07, 6.45) is 11.2. The van der Waals surface area contributed by atoms with Crippen LogP contribution in [-0.2, 0) is 0 Å². The Labute approximate surface area is 397 Å². The first kappa shape index (κ1) is 40.0. The second kappa shape index (κ2) is 16.9. The Morgan fingerprint density at radius 2 is 0.812 bits per heavy atom. The molecule has 13 rings (SSSR count). The molecule has 0 saturated carbocycles. The van der Waals surface area contributed by atoms with Crippen molar-refractivity contribution in [3.05, 3.63) is 225 Å². The third kappa shape index (κ3) is 7.50. The zero-order valence-electron chi connectivity index (χ0n) is 37.0. The van der Waals surface area contributed by atoms with E-state index in [0.717, 1.165) is 94.5 Å². The van der Waals surface area contributed by atoms with Crippen LogP contribution in [0.2, 0.25) is 0 Å². The molecular weight excluding hydrogens is 851 g/mol. The maximum Gasteiger partial charge on any atom is 0.170 e. The van der Waals surface area contributed by atoms with Gasteiger partial charge in [-0.1, -0.05) is 121 Å². The summed E-state index contributed by atoms with van der Waals surface area (Å²) in [7, 11) is 0. The minimum absolute atomic E-state index is 0.261. The number of para-hydroxylation sites is 1. The Bertz CT molecular complexity index is 3720. The number of nitrogens with zero attached hydrogens (tertiary/aromatic N) is 5. The summed E-state index contributed by atoms with van der Waals surface area (Å²) < 4.78 is 19.9. The Hall–Kier alpha value is -9.27. The fraction of sp³-hybridized carbons (Fsp3) is 0.0328. The standard InChI is InChI=1S/C61H39N5O3/c1-2-12-41(13-3-1)59-64-60(66-61(65-59)43-28-31-54-50(37-43)49-14-4-5-17-53(49)67-54)42-26-22-39(23-27-42)38-20-24-40(25-21-38)47-29-30-48(58-57(47)68-55-18-6-7-19-56(55)69-58)44-34-45(51-15-8-10-32-62-51)36-46(35-44)52-16-9-11-33-63-52/h1-37,55-56H. The third-order valence-electron chi connectivity index (χ3n) is 12.8. The maximum absolute atomic E-state index is 6.90. The second-order valence-corrected chi connectivity index (χ2v) is 17.1. The fourth-order valence-electron chi connectivity index (χ4n) is 9.32. The van der Waals surface area contributed by atoms with Gasteiger partial charge in [0, 0.05) is 62.1 Å². The number of furan rings is 1. The summed E-state index contributed by atoms with van der Waals surface area (Å²) in [5.74, 6) is 3.20. The van der Waals surface area contributed by atoms with E-state index in [4.69, 9.17) is 38.8 Å². The molecule has 0 spiro atoms. The van der Waals surface area contributed by atoms with Crippen LogP contribution in [0.15, 0.2) is 229 Å². The minimum atomic E-state index is -0.266. The van der Waals surface area contributed by atoms with Gasteiger partial charge in [-0.2, -0.15) is 0 Å². The van der Waals surface area contributed by atoms with Gasteiger partial charge in [-0.15, -0.1) is 0 Å². The summed E-state index contributed by atoms with van der Waals surface area (Å²) in [4.78, 5) is 24.4. The molecule has 11 aromatic rings. The number of fused-ring (bicyclic) bond motifs is 5. The SMILES string of the molecule is C1=CC2Oc3c(-c4ccc(-c5ccc(-c6nc(-c7ccccc7)nc(-c7ccc8oc9ccccc9c8c7)n6)cc5)cc4)ccc(-c4cc(-c5ccccn5)cc(-c5ccccn5)c4)c3OC2C=C1. The Balaban J connectivity index is 0.844. The number of aromatic nitrogens is 5. The predicted molar refractivity (Wildman–Crippen MR) is 273 cm³/mol. The monoisotopic (exact) mass is 889 g/mol. The molecule has 8 heteroatoms. The summed E-state index contributed by atoms with van der Waals surface area (Å²) in [5, 5.41) is 2.07.